The molecule has 0 unspecified atom stereocenters. The number of carbonyl (C=O) groups is 1. The van der Waals surface area contributed by atoms with E-state index in [4.69, 9.17) is 14.1 Å². The fourth-order valence-corrected chi connectivity index (χ4v) is 5.46. The lowest BCUT2D eigenvalue weighted by molar-refractivity contribution is -0.138. The fourth-order valence-electron chi connectivity index (χ4n) is 3.66. The number of benzene rings is 1. The lowest BCUT2D eigenvalue weighted by Crippen LogP contribution is -2.39. The lowest BCUT2D eigenvalue weighted by atomic mass is 9.97. The van der Waals surface area contributed by atoms with Crippen molar-refractivity contribution in [1.82, 2.24) is 4.57 Å². The molecule has 32 heavy (non-hydrogen) atoms. The van der Waals surface area contributed by atoms with E-state index in [1.165, 1.54) is 22.7 Å². The summed E-state index contributed by atoms with van der Waals surface area (Å²) in [6.07, 6.45) is 3.26. The van der Waals surface area contributed by atoms with Gasteiger partial charge in [0.2, 0.25) is 0 Å². The largest absolute Gasteiger partial charge is 0.465 e. The lowest BCUT2D eigenvalue weighted by Gasteiger charge is -2.24. The van der Waals surface area contributed by atoms with Gasteiger partial charge in [0.25, 0.3) is 5.56 Å². The average molecular weight is 463 g/mol. The van der Waals surface area contributed by atoms with Gasteiger partial charge in [-0.3, -0.25) is 9.36 Å². The first-order chi connectivity index (χ1) is 15.7. The minimum Gasteiger partial charge on any atom is -0.465 e. The van der Waals surface area contributed by atoms with Gasteiger partial charge in [-0.2, -0.15) is 0 Å². The second kappa shape index (κ2) is 8.57. The number of fused-ring (bicyclic) bond motifs is 1. The number of rotatable bonds is 5. The van der Waals surface area contributed by atoms with Crippen LogP contribution in [0.3, 0.4) is 0 Å². The molecule has 0 radical (unpaired) electrons. The zero-order chi connectivity index (χ0) is 22.1. The van der Waals surface area contributed by atoms with E-state index in [1.54, 1.807) is 36.0 Å². The van der Waals surface area contributed by atoms with Gasteiger partial charge in [0.15, 0.2) is 4.80 Å². The van der Waals surface area contributed by atoms with Gasteiger partial charge in [-0.25, -0.2) is 9.79 Å². The number of hydrogen-bond donors (Lipinski definition) is 0. The van der Waals surface area contributed by atoms with Crippen molar-refractivity contribution < 1.29 is 13.9 Å². The highest BCUT2D eigenvalue weighted by atomic mass is 32.1. The minimum absolute atomic E-state index is 0.225. The van der Waals surface area contributed by atoms with Gasteiger partial charge < -0.3 is 9.15 Å². The number of hydrogen-bond acceptors (Lipinski definition) is 7. The Morgan fingerprint density at radius 2 is 2.03 bits per heavy atom. The van der Waals surface area contributed by atoms with Crippen molar-refractivity contribution in [3.05, 3.63) is 108 Å². The summed E-state index contributed by atoms with van der Waals surface area (Å²) in [5.41, 5.74) is 1.45. The molecule has 0 saturated carbocycles. The quantitative estimate of drug-likeness (QED) is 0.425. The third kappa shape index (κ3) is 3.57. The predicted octanol–water partition coefficient (Wildman–Crippen LogP) is 3.59. The molecule has 1 aromatic carbocycles. The molecule has 0 saturated heterocycles. The summed E-state index contributed by atoms with van der Waals surface area (Å²) >= 11 is 2.76. The maximum Gasteiger partial charge on any atom is 0.338 e. The van der Waals surface area contributed by atoms with Crippen LogP contribution >= 0.6 is 22.7 Å². The Morgan fingerprint density at radius 3 is 2.72 bits per heavy atom. The van der Waals surface area contributed by atoms with Crippen molar-refractivity contribution in [3.63, 3.8) is 0 Å². The standard InChI is InChI=1S/C24H18N2O4S2/c1-2-29-23(28)19-20(15-8-4-3-5-9-15)25-24-26(21(19)17-11-7-13-31-17)22(27)18(32-24)14-16-10-6-12-30-16/h3-14,21H,2H2,1H3/t21-/m0/s1. The number of nitrogens with zero attached hydrogens (tertiary/aromatic N) is 2. The summed E-state index contributed by atoms with van der Waals surface area (Å²) < 4.78 is 12.9. The molecule has 6 nitrogen and oxygen atoms in total. The highest BCUT2D eigenvalue weighted by Crippen LogP contribution is 2.36. The van der Waals surface area contributed by atoms with Crippen LogP contribution in [-0.2, 0) is 9.53 Å². The van der Waals surface area contributed by atoms with Crippen molar-refractivity contribution in [3.8, 4) is 0 Å². The Hall–Kier alpha value is -3.49. The van der Waals surface area contributed by atoms with Crippen LogP contribution in [0.5, 0.6) is 0 Å². The van der Waals surface area contributed by atoms with Gasteiger partial charge in [-0.15, -0.1) is 11.3 Å². The predicted molar refractivity (Wildman–Crippen MR) is 124 cm³/mol. The van der Waals surface area contributed by atoms with Gasteiger partial charge in [-0.05, 0) is 30.5 Å². The van der Waals surface area contributed by atoms with Crippen molar-refractivity contribution in [1.29, 1.82) is 0 Å². The molecule has 4 aromatic rings. The van der Waals surface area contributed by atoms with Crippen molar-refractivity contribution >= 4 is 40.4 Å². The van der Waals surface area contributed by atoms with Crippen LogP contribution in [-0.4, -0.2) is 17.1 Å². The highest BCUT2D eigenvalue weighted by molar-refractivity contribution is 7.10. The van der Waals surface area contributed by atoms with Crippen LogP contribution in [0.25, 0.3) is 11.8 Å². The fraction of sp³-hybridized carbons (Fsp3) is 0.125. The molecule has 1 atom stereocenters. The number of furan rings is 1. The molecule has 0 N–H and O–H groups in total. The van der Waals surface area contributed by atoms with E-state index in [-0.39, 0.29) is 12.2 Å². The summed E-state index contributed by atoms with van der Waals surface area (Å²) in [6, 6.07) is 16.3. The van der Waals surface area contributed by atoms with E-state index in [9.17, 15) is 9.59 Å². The normalized spacial score (nSPS) is 16.0. The number of thiazole rings is 1. The Labute approximate surface area is 191 Å². The molecule has 4 heterocycles. The number of thiophene rings is 1. The molecule has 0 fully saturated rings. The third-order valence-corrected chi connectivity index (χ3v) is 6.91. The molecular formula is C24H18N2O4S2. The van der Waals surface area contributed by atoms with Crippen molar-refractivity contribution in [2.24, 2.45) is 4.99 Å². The maximum absolute atomic E-state index is 13.5. The van der Waals surface area contributed by atoms with Crippen LogP contribution in [0.15, 0.2) is 86.0 Å². The van der Waals surface area contributed by atoms with Gasteiger partial charge in [-0.1, -0.05) is 47.7 Å². The number of aromatic nitrogens is 1. The summed E-state index contributed by atoms with van der Waals surface area (Å²) in [7, 11) is 0. The molecule has 3 aromatic heterocycles. The van der Waals surface area contributed by atoms with Crippen LogP contribution in [0.1, 0.15) is 29.2 Å². The van der Waals surface area contributed by atoms with Gasteiger partial charge in [0.1, 0.15) is 11.8 Å². The summed E-state index contributed by atoms with van der Waals surface area (Å²) in [6.45, 7) is 1.99. The van der Waals surface area contributed by atoms with Gasteiger partial charge >= 0.3 is 5.97 Å². The molecule has 5 rings (SSSR count). The summed E-state index contributed by atoms with van der Waals surface area (Å²) in [5.74, 6) is 0.102. The average Bonchev–Trinajstić information content (AvgIpc) is 3.57. The number of ether oxygens (including phenoxy) is 1. The van der Waals surface area contributed by atoms with E-state index in [2.05, 4.69) is 0 Å². The zero-order valence-electron chi connectivity index (χ0n) is 17.1. The van der Waals surface area contributed by atoms with Crippen molar-refractivity contribution in [2.45, 2.75) is 13.0 Å². The molecule has 0 bridgehead atoms. The molecule has 0 amide bonds. The molecule has 1 aliphatic heterocycles. The van der Waals surface area contributed by atoms with E-state index < -0.39 is 12.0 Å². The van der Waals surface area contributed by atoms with Crippen LogP contribution in [0, 0.1) is 0 Å². The second-order valence-electron chi connectivity index (χ2n) is 6.96. The Bertz CT molecular complexity index is 1460. The first-order valence-electron chi connectivity index (χ1n) is 10.0. The smallest absolute Gasteiger partial charge is 0.338 e. The SMILES string of the molecule is CCOC(=O)C1=C(c2ccccc2)N=c2sc(=Cc3ccco3)c(=O)n2[C@H]1c1cccs1. The molecule has 160 valence electrons. The first kappa shape index (κ1) is 20.4. The Morgan fingerprint density at radius 1 is 1.19 bits per heavy atom. The third-order valence-electron chi connectivity index (χ3n) is 5.00. The molecule has 0 aliphatic carbocycles. The number of esters is 1. The maximum atomic E-state index is 13.5. The van der Waals surface area contributed by atoms with E-state index >= 15 is 0 Å². The molecular weight excluding hydrogens is 444 g/mol. The zero-order valence-corrected chi connectivity index (χ0v) is 18.7. The summed E-state index contributed by atoms with van der Waals surface area (Å²) in [5, 5.41) is 1.93. The van der Waals surface area contributed by atoms with E-state index in [0.29, 0.717) is 26.4 Å². The molecule has 0 spiro atoms. The van der Waals surface area contributed by atoms with Crippen LogP contribution in [0.4, 0.5) is 0 Å². The van der Waals surface area contributed by atoms with Crippen molar-refractivity contribution in [2.75, 3.05) is 6.61 Å². The Kier molecular flexibility index (Phi) is 5.46. The Balaban J connectivity index is 1.83. The topological polar surface area (TPSA) is 73.8 Å². The number of carbonyl (C=O) groups excluding carboxylic acids is 1. The van der Waals surface area contributed by atoms with E-state index in [0.717, 1.165) is 10.4 Å². The van der Waals surface area contributed by atoms with Gasteiger partial charge in [0.05, 0.1) is 28.7 Å². The second-order valence-corrected chi connectivity index (χ2v) is 8.95. The van der Waals surface area contributed by atoms with E-state index in [1.807, 2.05) is 47.8 Å². The monoisotopic (exact) mass is 462 g/mol. The highest BCUT2D eigenvalue weighted by Gasteiger charge is 2.35. The van der Waals surface area contributed by atoms with Crippen LogP contribution < -0.4 is 14.9 Å². The first-order valence-corrected chi connectivity index (χ1v) is 11.7. The molecule has 8 heteroatoms. The summed E-state index contributed by atoms with van der Waals surface area (Å²) in [4.78, 5) is 32.9. The van der Waals surface area contributed by atoms with Gasteiger partial charge in [0, 0.05) is 16.5 Å². The minimum atomic E-state index is -0.626. The van der Waals surface area contributed by atoms with Crippen LogP contribution in [0.2, 0.25) is 0 Å². The molecule has 1 aliphatic rings.